The molecule has 94 valence electrons. The van der Waals surface area contributed by atoms with E-state index >= 15 is 0 Å². The van der Waals surface area contributed by atoms with Gasteiger partial charge in [-0.1, -0.05) is 24.3 Å². The second-order valence-electron chi connectivity index (χ2n) is 4.15. The lowest BCUT2D eigenvalue weighted by Gasteiger charge is -2.17. The molecule has 0 fully saturated rings. The third-order valence-corrected chi connectivity index (χ3v) is 2.70. The number of hydrogen-bond donors (Lipinski definition) is 2. The van der Waals surface area contributed by atoms with Gasteiger partial charge in [-0.15, -0.1) is 0 Å². The average Bonchev–Trinajstić information content (AvgIpc) is 2.39. The molecule has 2 aromatic rings. The highest BCUT2D eigenvalue weighted by Gasteiger charge is 2.04. The minimum Gasteiger partial charge on any atom is -0.355 e. The molecule has 0 unspecified atom stereocenters. The molecule has 0 aliphatic rings. The Morgan fingerprint density at radius 2 is 2.11 bits per heavy atom. The van der Waals surface area contributed by atoms with Crippen LogP contribution in [-0.4, -0.2) is 17.0 Å². The lowest BCUT2D eigenvalue weighted by molar-refractivity contribution is 0.883. The summed E-state index contributed by atoms with van der Waals surface area (Å²) < 4.78 is 0. The largest absolute Gasteiger partial charge is 0.355 e. The minimum absolute atomic E-state index is 0.150. The molecule has 1 aromatic carbocycles. The average molecular weight is 244 g/mol. The number of anilines is 1. The van der Waals surface area contributed by atoms with Gasteiger partial charge in [0.1, 0.15) is 5.82 Å². The molecule has 18 heavy (non-hydrogen) atoms. The lowest BCUT2D eigenvalue weighted by atomic mass is 10.1. The van der Waals surface area contributed by atoms with E-state index in [1.54, 1.807) is 0 Å². The SMILES string of the molecule is CN(Cc1cccc(CN)c1)c1cc(=O)[nH]cn1. The summed E-state index contributed by atoms with van der Waals surface area (Å²) in [6.45, 7) is 1.21. The van der Waals surface area contributed by atoms with Gasteiger partial charge in [-0.05, 0) is 11.1 Å². The minimum atomic E-state index is -0.150. The van der Waals surface area contributed by atoms with E-state index < -0.39 is 0 Å². The number of aromatic amines is 1. The van der Waals surface area contributed by atoms with Crippen molar-refractivity contribution >= 4 is 5.82 Å². The van der Waals surface area contributed by atoms with Crippen molar-refractivity contribution in [2.75, 3.05) is 11.9 Å². The van der Waals surface area contributed by atoms with Gasteiger partial charge in [0, 0.05) is 26.2 Å². The first kappa shape index (κ1) is 12.3. The Morgan fingerprint density at radius 3 is 2.83 bits per heavy atom. The van der Waals surface area contributed by atoms with Crippen molar-refractivity contribution in [3.63, 3.8) is 0 Å². The molecule has 1 heterocycles. The van der Waals surface area contributed by atoms with Crippen molar-refractivity contribution in [3.8, 4) is 0 Å². The van der Waals surface area contributed by atoms with Crippen LogP contribution in [0.25, 0.3) is 0 Å². The predicted molar refractivity (Wildman–Crippen MR) is 71.3 cm³/mol. The summed E-state index contributed by atoms with van der Waals surface area (Å²) in [5.41, 5.74) is 7.70. The van der Waals surface area contributed by atoms with Crippen LogP contribution in [-0.2, 0) is 13.1 Å². The van der Waals surface area contributed by atoms with Gasteiger partial charge in [0.05, 0.1) is 6.33 Å². The van der Waals surface area contributed by atoms with Gasteiger partial charge in [0.25, 0.3) is 5.56 Å². The standard InChI is InChI=1S/C13H16N4O/c1-17(12-6-13(18)16-9-15-12)8-11-4-2-3-10(5-11)7-14/h2-6,9H,7-8,14H2,1H3,(H,15,16,18). The van der Waals surface area contributed by atoms with E-state index in [1.807, 2.05) is 30.1 Å². The lowest BCUT2D eigenvalue weighted by Crippen LogP contribution is -2.20. The summed E-state index contributed by atoms with van der Waals surface area (Å²) in [5.74, 6) is 0.650. The number of H-pyrrole nitrogens is 1. The fourth-order valence-corrected chi connectivity index (χ4v) is 1.78. The third-order valence-electron chi connectivity index (χ3n) is 2.70. The molecule has 2 rings (SSSR count). The van der Waals surface area contributed by atoms with E-state index in [0.29, 0.717) is 18.9 Å². The number of nitrogens with zero attached hydrogens (tertiary/aromatic N) is 2. The number of hydrogen-bond acceptors (Lipinski definition) is 4. The second-order valence-corrected chi connectivity index (χ2v) is 4.15. The first-order valence-corrected chi connectivity index (χ1v) is 5.73. The maximum Gasteiger partial charge on any atom is 0.252 e. The van der Waals surface area contributed by atoms with Gasteiger partial charge in [-0.3, -0.25) is 4.79 Å². The molecule has 0 radical (unpaired) electrons. The van der Waals surface area contributed by atoms with E-state index in [1.165, 1.54) is 12.4 Å². The molecular weight excluding hydrogens is 228 g/mol. The van der Waals surface area contributed by atoms with Crippen molar-refractivity contribution in [1.29, 1.82) is 0 Å². The summed E-state index contributed by atoms with van der Waals surface area (Å²) in [5, 5.41) is 0. The van der Waals surface area contributed by atoms with E-state index in [4.69, 9.17) is 5.73 Å². The maximum atomic E-state index is 11.2. The Morgan fingerprint density at radius 1 is 1.33 bits per heavy atom. The second kappa shape index (κ2) is 5.46. The third kappa shape index (κ3) is 2.95. The highest BCUT2D eigenvalue weighted by molar-refractivity contribution is 5.37. The number of nitrogens with two attached hydrogens (primary N) is 1. The monoisotopic (exact) mass is 244 g/mol. The number of benzene rings is 1. The van der Waals surface area contributed by atoms with Crippen LogP contribution in [0.5, 0.6) is 0 Å². The van der Waals surface area contributed by atoms with Gasteiger partial charge in [0.15, 0.2) is 0 Å². The van der Waals surface area contributed by atoms with Gasteiger partial charge in [-0.25, -0.2) is 4.98 Å². The summed E-state index contributed by atoms with van der Waals surface area (Å²) in [7, 11) is 1.90. The smallest absolute Gasteiger partial charge is 0.252 e. The Labute approximate surface area is 105 Å². The van der Waals surface area contributed by atoms with Crippen LogP contribution >= 0.6 is 0 Å². The Balaban J connectivity index is 2.15. The van der Waals surface area contributed by atoms with Crippen molar-refractivity contribution in [2.45, 2.75) is 13.1 Å². The Hall–Kier alpha value is -2.14. The highest BCUT2D eigenvalue weighted by Crippen LogP contribution is 2.11. The van der Waals surface area contributed by atoms with Crippen LogP contribution in [0.2, 0.25) is 0 Å². The molecule has 0 saturated heterocycles. The van der Waals surface area contributed by atoms with Crippen LogP contribution in [0.1, 0.15) is 11.1 Å². The quantitative estimate of drug-likeness (QED) is 0.836. The van der Waals surface area contributed by atoms with E-state index in [-0.39, 0.29) is 5.56 Å². The fraction of sp³-hybridized carbons (Fsp3) is 0.231. The van der Waals surface area contributed by atoms with E-state index in [0.717, 1.165) is 11.1 Å². The highest BCUT2D eigenvalue weighted by atomic mass is 16.1. The fourth-order valence-electron chi connectivity index (χ4n) is 1.78. The van der Waals surface area contributed by atoms with Crippen LogP contribution in [0.3, 0.4) is 0 Å². The molecule has 5 nitrogen and oxygen atoms in total. The van der Waals surface area contributed by atoms with Crippen LogP contribution in [0.15, 0.2) is 41.5 Å². The summed E-state index contributed by atoms with van der Waals surface area (Å²) in [6.07, 6.45) is 1.41. The van der Waals surface area contributed by atoms with Crippen molar-refractivity contribution in [1.82, 2.24) is 9.97 Å². The molecule has 1 aromatic heterocycles. The topological polar surface area (TPSA) is 75.0 Å². The molecule has 0 saturated carbocycles. The molecule has 0 spiro atoms. The van der Waals surface area contributed by atoms with Gasteiger partial charge in [-0.2, -0.15) is 0 Å². The van der Waals surface area contributed by atoms with Crippen molar-refractivity contribution in [3.05, 3.63) is 58.1 Å². The first-order chi connectivity index (χ1) is 8.69. The van der Waals surface area contributed by atoms with Gasteiger partial charge >= 0.3 is 0 Å². The molecule has 3 N–H and O–H groups in total. The van der Waals surface area contributed by atoms with Crippen molar-refractivity contribution in [2.24, 2.45) is 5.73 Å². The Kier molecular flexibility index (Phi) is 3.74. The zero-order chi connectivity index (χ0) is 13.0. The number of rotatable bonds is 4. The number of nitrogens with one attached hydrogen (secondary N) is 1. The molecule has 0 aliphatic heterocycles. The van der Waals surface area contributed by atoms with Crippen LogP contribution in [0.4, 0.5) is 5.82 Å². The normalized spacial score (nSPS) is 10.3. The first-order valence-electron chi connectivity index (χ1n) is 5.73. The summed E-state index contributed by atoms with van der Waals surface area (Å²) >= 11 is 0. The number of aromatic nitrogens is 2. The Bertz CT molecular complexity index is 579. The maximum absolute atomic E-state index is 11.2. The summed E-state index contributed by atoms with van der Waals surface area (Å²) in [4.78, 5) is 19.8. The molecule has 0 atom stereocenters. The van der Waals surface area contributed by atoms with Crippen molar-refractivity contribution < 1.29 is 0 Å². The molecule has 5 heteroatoms. The van der Waals surface area contributed by atoms with Crippen LogP contribution < -0.4 is 16.2 Å². The zero-order valence-electron chi connectivity index (χ0n) is 10.3. The molecule has 0 aliphatic carbocycles. The van der Waals surface area contributed by atoms with E-state index in [2.05, 4.69) is 16.0 Å². The molecule has 0 amide bonds. The van der Waals surface area contributed by atoms with Gasteiger partial charge in [0.2, 0.25) is 0 Å². The predicted octanol–water partition coefficient (Wildman–Crippen LogP) is 0.865. The van der Waals surface area contributed by atoms with Crippen LogP contribution in [0, 0.1) is 0 Å². The molecular formula is C13H16N4O. The molecule has 0 bridgehead atoms. The summed E-state index contributed by atoms with van der Waals surface area (Å²) in [6, 6.07) is 9.55. The van der Waals surface area contributed by atoms with E-state index in [9.17, 15) is 4.79 Å². The zero-order valence-corrected chi connectivity index (χ0v) is 10.3. The van der Waals surface area contributed by atoms with Gasteiger partial charge < -0.3 is 15.6 Å².